The topological polar surface area (TPSA) is 113 Å². The summed E-state index contributed by atoms with van der Waals surface area (Å²) in [5.74, 6) is -2.56. The molecule has 0 bridgehead atoms. The average molecular weight is 664 g/mol. The number of nitrogens with zero attached hydrogens (tertiary/aromatic N) is 1. The van der Waals surface area contributed by atoms with Crippen molar-refractivity contribution in [2.24, 2.45) is 0 Å². The van der Waals surface area contributed by atoms with Crippen LogP contribution in [0.25, 0.3) is 0 Å². The zero-order valence-electron chi connectivity index (χ0n) is 21.2. The van der Waals surface area contributed by atoms with Gasteiger partial charge < -0.3 is 10.6 Å². The molecule has 11 heteroatoms. The van der Waals surface area contributed by atoms with Crippen LogP contribution in [0.5, 0.6) is 0 Å². The van der Waals surface area contributed by atoms with Crippen molar-refractivity contribution in [1.29, 1.82) is 0 Å². The Balaban J connectivity index is 1.62. The van der Waals surface area contributed by atoms with Crippen LogP contribution in [0, 0.1) is 9.39 Å². The molecule has 3 atom stereocenters. The molecule has 0 aromatic heterocycles. The maximum atomic E-state index is 14.6. The average Bonchev–Trinajstić information content (AvgIpc) is 3.18. The number of anilines is 1. The van der Waals surface area contributed by atoms with Gasteiger partial charge in [0.25, 0.3) is 5.91 Å². The highest BCUT2D eigenvalue weighted by Crippen LogP contribution is 2.31. The Morgan fingerprint density at radius 2 is 1.74 bits per heavy atom. The van der Waals surface area contributed by atoms with Gasteiger partial charge in [-0.1, -0.05) is 61.5 Å². The van der Waals surface area contributed by atoms with Gasteiger partial charge in [0.2, 0.25) is 5.91 Å². The third kappa shape index (κ3) is 6.82. The van der Waals surface area contributed by atoms with Crippen molar-refractivity contribution in [3.8, 4) is 0 Å². The molecule has 3 aromatic carbocycles. The fraction of sp³-hybridized carbons (Fsp3) is 0.250. The van der Waals surface area contributed by atoms with E-state index in [0.29, 0.717) is 15.6 Å². The molecule has 1 saturated heterocycles. The van der Waals surface area contributed by atoms with Crippen molar-refractivity contribution in [3.63, 3.8) is 0 Å². The van der Waals surface area contributed by atoms with E-state index < -0.39 is 51.5 Å². The quantitative estimate of drug-likeness (QED) is 0.260. The SMILES string of the molecule is C[C@@H](c1ccccc1)[C@@H](C(=O)Nc1ccc(I)cc1F)N1C(=O)NC(c2ccc(CCS(C)(=O)=O)cc2)C1=O. The maximum absolute atomic E-state index is 14.6. The molecule has 4 amide bonds. The Bertz CT molecular complexity index is 1500. The molecule has 1 unspecified atom stereocenters. The van der Waals surface area contributed by atoms with E-state index in [4.69, 9.17) is 0 Å². The number of amides is 4. The minimum Gasteiger partial charge on any atom is -0.322 e. The molecule has 0 aliphatic carbocycles. The summed E-state index contributed by atoms with van der Waals surface area (Å²) in [6, 6.07) is 17.0. The fourth-order valence-corrected chi connectivity index (χ4v) is 5.53. The minimum absolute atomic E-state index is 0.00541. The lowest BCUT2D eigenvalue weighted by Gasteiger charge is -2.30. The van der Waals surface area contributed by atoms with Crippen LogP contribution in [0.1, 0.15) is 35.6 Å². The molecule has 39 heavy (non-hydrogen) atoms. The highest BCUT2D eigenvalue weighted by atomic mass is 127. The van der Waals surface area contributed by atoms with Gasteiger partial charge in [-0.25, -0.2) is 22.5 Å². The number of hydrogen-bond donors (Lipinski definition) is 2. The molecule has 0 spiro atoms. The number of hydrogen-bond acceptors (Lipinski definition) is 5. The van der Waals surface area contributed by atoms with E-state index in [-0.39, 0.29) is 11.4 Å². The van der Waals surface area contributed by atoms with E-state index in [9.17, 15) is 27.2 Å². The first-order chi connectivity index (χ1) is 18.4. The summed E-state index contributed by atoms with van der Waals surface area (Å²) in [6.07, 6.45) is 1.49. The second-order valence-electron chi connectivity index (χ2n) is 9.47. The number of rotatable bonds is 9. The Hall–Kier alpha value is -3.32. The number of urea groups is 1. The number of carbonyl (C=O) groups is 3. The highest BCUT2D eigenvalue weighted by molar-refractivity contribution is 14.1. The van der Waals surface area contributed by atoms with Crippen LogP contribution in [-0.2, 0) is 25.8 Å². The first-order valence-electron chi connectivity index (χ1n) is 12.2. The molecular weight excluding hydrogens is 636 g/mol. The summed E-state index contributed by atoms with van der Waals surface area (Å²) in [7, 11) is -3.13. The van der Waals surface area contributed by atoms with Crippen molar-refractivity contribution >= 4 is 56.0 Å². The molecular formula is C28H27FIN3O5S. The Morgan fingerprint density at radius 3 is 2.36 bits per heavy atom. The zero-order chi connectivity index (χ0) is 28.3. The molecule has 1 heterocycles. The van der Waals surface area contributed by atoms with Gasteiger partial charge in [0.15, 0.2) is 0 Å². The number of sulfone groups is 1. The Morgan fingerprint density at radius 1 is 1.08 bits per heavy atom. The number of aryl methyl sites for hydroxylation is 1. The standard InChI is InChI=1S/C28H27FIN3O5S/c1-17(19-6-4-3-5-7-19)25(26(34)31-23-13-12-21(30)16-22(23)29)33-27(35)24(32-28(33)36)20-10-8-18(9-11-20)14-15-39(2,37)38/h3-13,16-17,24-25H,14-15H2,1-2H3,(H,31,34)(H,32,36)/t17-,24?,25-/m0/s1. The third-order valence-corrected chi connectivity index (χ3v) is 8.20. The molecule has 0 radical (unpaired) electrons. The molecule has 0 saturated carbocycles. The largest absolute Gasteiger partial charge is 0.325 e. The summed E-state index contributed by atoms with van der Waals surface area (Å²) < 4.78 is 38.1. The van der Waals surface area contributed by atoms with E-state index in [0.717, 1.165) is 16.0 Å². The molecule has 2 N–H and O–H groups in total. The zero-order valence-corrected chi connectivity index (χ0v) is 24.2. The molecule has 8 nitrogen and oxygen atoms in total. The molecule has 3 aromatic rings. The van der Waals surface area contributed by atoms with Crippen LogP contribution >= 0.6 is 22.6 Å². The van der Waals surface area contributed by atoms with Crippen LogP contribution in [-0.4, -0.2) is 49.2 Å². The first-order valence-corrected chi connectivity index (χ1v) is 15.3. The van der Waals surface area contributed by atoms with Crippen molar-refractivity contribution < 1.29 is 27.2 Å². The van der Waals surface area contributed by atoms with Gasteiger partial charge in [0, 0.05) is 15.7 Å². The van der Waals surface area contributed by atoms with Crippen LogP contribution in [0.4, 0.5) is 14.9 Å². The second-order valence-corrected chi connectivity index (χ2v) is 13.0. The van der Waals surface area contributed by atoms with Crippen molar-refractivity contribution in [2.75, 3.05) is 17.3 Å². The maximum Gasteiger partial charge on any atom is 0.325 e. The molecule has 204 valence electrons. The van der Waals surface area contributed by atoms with Gasteiger partial charge in [-0.3, -0.25) is 9.59 Å². The second kappa shape index (κ2) is 11.8. The van der Waals surface area contributed by atoms with Crippen molar-refractivity contribution in [2.45, 2.75) is 31.3 Å². The lowest BCUT2D eigenvalue weighted by molar-refractivity contribution is -0.134. The van der Waals surface area contributed by atoms with Gasteiger partial charge >= 0.3 is 6.03 Å². The summed E-state index contributed by atoms with van der Waals surface area (Å²) in [6.45, 7) is 1.73. The van der Waals surface area contributed by atoms with Gasteiger partial charge in [-0.05, 0) is 63.9 Å². The van der Waals surface area contributed by atoms with Crippen molar-refractivity contribution in [1.82, 2.24) is 10.2 Å². The fourth-order valence-electron chi connectivity index (χ4n) is 4.47. The number of halogens is 2. The first kappa shape index (κ1) is 28.7. The molecule has 1 fully saturated rings. The van der Waals surface area contributed by atoms with Crippen molar-refractivity contribution in [3.05, 3.63) is 98.9 Å². The van der Waals surface area contributed by atoms with Gasteiger partial charge in [-0.15, -0.1) is 0 Å². The Labute approximate surface area is 240 Å². The number of imide groups is 1. The lowest BCUT2D eigenvalue weighted by atomic mass is 9.91. The van der Waals surface area contributed by atoms with E-state index in [1.54, 1.807) is 61.5 Å². The molecule has 1 aliphatic rings. The van der Waals surface area contributed by atoms with Crippen LogP contribution in [0.3, 0.4) is 0 Å². The predicted molar refractivity (Wildman–Crippen MR) is 154 cm³/mol. The molecule has 1 aliphatic heterocycles. The summed E-state index contributed by atoms with van der Waals surface area (Å²) in [4.78, 5) is 41.3. The summed E-state index contributed by atoms with van der Waals surface area (Å²) in [5.41, 5.74) is 1.93. The monoisotopic (exact) mass is 663 g/mol. The van der Waals surface area contributed by atoms with Crippen LogP contribution in [0.15, 0.2) is 72.8 Å². The third-order valence-electron chi connectivity index (χ3n) is 6.58. The van der Waals surface area contributed by atoms with Crippen LogP contribution in [0.2, 0.25) is 0 Å². The number of carbonyl (C=O) groups excluding carboxylic acids is 3. The van der Waals surface area contributed by atoms with Crippen LogP contribution < -0.4 is 10.6 Å². The number of nitrogens with one attached hydrogen (secondary N) is 2. The van der Waals surface area contributed by atoms with E-state index in [1.165, 1.54) is 18.4 Å². The van der Waals surface area contributed by atoms with E-state index in [2.05, 4.69) is 10.6 Å². The van der Waals surface area contributed by atoms with Gasteiger partial charge in [-0.2, -0.15) is 0 Å². The molecule has 4 rings (SSSR count). The van der Waals surface area contributed by atoms with E-state index >= 15 is 0 Å². The highest BCUT2D eigenvalue weighted by Gasteiger charge is 2.47. The number of benzene rings is 3. The minimum atomic E-state index is -3.13. The summed E-state index contributed by atoms with van der Waals surface area (Å²) >= 11 is 1.96. The predicted octanol–water partition coefficient (Wildman–Crippen LogP) is 4.42. The lowest BCUT2D eigenvalue weighted by Crippen LogP contribution is -2.50. The smallest absolute Gasteiger partial charge is 0.322 e. The van der Waals surface area contributed by atoms with E-state index in [1.807, 2.05) is 28.7 Å². The Kier molecular flexibility index (Phi) is 8.70. The summed E-state index contributed by atoms with van der Waals surface area (Å²) in [5, 5.41) is 5.21. The van der Waals surface area contributed by atoms with Gasteiger partial charge in [0.05, 0.1) is 11.4 Å². The normalized spacial score (nSPS) is 17.0. The van der Waals surface area contributed by atoms with Gasteiger partial charge in [0.1, 0.15) is 27.7 Å².